The first-order valence-corrected chi connectivity index (χ1v) is 8.20. The molecule has 0 radical (unpaired) electrons. The fourth-order valence-corrected chi connectivity index (χ4v) is 2.18. The predicted octanol–water partition coefficient (Wildman–Crippen LogP) is 1.29. The number of hydrogen-bond donors (Lipinski definition) is 4. The molecule has 0 bridgehead atoms. The molecule has 0 aliphatic carbocycles. The summed E-state index contributed by atoms with van der Waals surface area (Å²) in [5.41, 5.74) is 0. The summed E-state index contributed by atoms with van der Waals surface area (Å²) in [7, 11) is 0. The molecule has 0 aromatic rings. The fourth-order valence-electron chi connectivity index (χ4n) is 2.18. The summed E-state index contributed by atoms with van der Waals surface area (Å²) in [4.78, 5) is 43.4. The minimum absolute atomic E-state index is 0.263. The lowest BCUT2D eigenvalue weighted by molar-refractivity contribution is -0.159. The molecule has 9 nitrogen and oxygen atoms in total. The molecule has 0 saturated heterocycles. The van der Waals surface area contributed by atoms with E-state index in [-0.39, 0.29) is 18.3 Å². The van der Waals surface area contributed by atoms with Crippen molar-refractivity contribution in [1.29, 1.82) is 0 Å². The average molecular weight is 374 g/mol. The Labute approximate surface area is 151 Å². The van der Waals surface area contributed by atoms with Crippen molar-refractivity contribution in [2.24, 2.45) is 11.8 Å². The van der Waals surface area contributed by atoms with Gasteiger partial charge in [-0.3, -0.25) is 19.2 Å². The van der Waals surface area contributed by atoms with E-state index >= 15 is 0 Å². The van der Waals surface area contributed by atoms with Crippen LogP contribution in [0, 0.1) is 11.8 Å². The Balaban J connectivity index is 4.56. The summed E-state index contributed by atoms with van der Waals surface area (Å²) in [6, 6.07) is 0. The van der Waals surface area contributed by atoms with Crippen molar-refractivity contribution in [3.05, 3.63) is 12.2 Å². The summed E-state index contributed by atoms with van der Waals surface area (Å²) in [5, 5.41) is 35.8. The molecule has 0 spiro atoms. The summed E-state index contributed by atoms with van der Waals surface area (Å²) < 4.78 is 4.95. The topological polar surface area (TPSA) is 158 Å². The standard InChI is InChI=1S/C17H26O9/c1-10(12(18)7-14(19)20)5-3-4-6-11(2)13(8-15(21)22)26-17(25)9-16(23)24/h3-4,10-13,18H,5-9H2,1-2H3,(H,19,20)(H,21,22)(H,23,24)/b4-3+. The van der Waals surface area contributed by atoms with E-state index in [1.165, 1.54) is 0 Å². The van der Waals surface area contributed by atoms with Crippen LogP contribution < -0.4 is 0 Å². The highest BCUT2D eigenvalue weighted by atomic mass is 16.5. The molecule has 0 rings (SSSR count). The number of carboxylic acids is 3. The van der Waals surface area contributed by atoms with Crippen molar-refractivity contribution in [3.63, 3.8) is 0 Å². The number of hydrogen-bond acceptors (Lipinski definition) is 6. The Hall–Kier alpha value is -2.42. The number of rotatable bonds is 13. The largest absolute Gasteiger partial charge is 0.481 e. The van der Waals surface area contributed by atoms with Gasteiger partial charge in [0.25, 0.3) is 0 Å². The maximum Gasteiger partial charge on any atom is 0.317 e. The second-order valence-electron chi connectivity index (χ2n) is 6.26. The van der Waals surface area contributed by atoms with Crippen LogP contribution >= 0.6 is 0 Å². The van der Waals surface area contributed by atoms with Crippen LogP contribution in [0.5, 0.6) is 0 Å². The number of aliphatic carboxylic acids is 3. The molecule has 0 aromatic heterocycles. The van der Waals surface area contributed by atoms with Crippen LogP contribution in [0.2, 0.25) is 0 Å². The van der Waals surface area contributed by atoms with E-state index < -0.39 is 48.9 Å². The van der Waals surface area contributed by atoms with Crippen molar-refractivity contribution >= 4 is 23.9 Å². The van der Waals surface area contributed by atoms with E-state index in [9.17, 15) is 24.3 Å². The summed E-state index contributed by atoms with van der Waals surface area (Å²) in [6.45, 7) is 3.39. The van der Waals surface area contributed by atoms with Gasteiger partial charge < -0.3 is 25.2 Å². The first kappa shape index (κ1) is 23.6. The van der Waals surface area contributed by atoms with Crippen LogP contribution in [0.1, 0.15) is 46.0 Å². The van der Waals surface area contributed by atoms with Gasteiger partial charge in [-0.05, 0) is 24.7 Å². The van der Waals surface area contributed by atoms with Gasteiger partial charge in [0.2, 0.25) is 0 Å². The number of carboxylic acid groups (broad SMARTS) is 3. The van der Waals surface area contributed by atoms with Gasteiger partial charge >= 0.3 is 23.9 Å². The number of carbonyl (C=O) groups excluding carboxylic acids is 1. The van der Waals surface area contributed by atoms with Gasteiger partial charge in [-0.1, -0.05) is 26.0 Å². The number of ether oxygens (including phenoxy) is 1. The van der Waals surface area contributed by atoms with Gasteiger partial charge in [0, 0.05) is 0 Å². The Morgan fingerprint density at radius 3 is 1.81 bits per heavy atom. The van der Waals surface area contributed by atoms with Gasteiger partial charge in [-0.15, -0.1) is 0 Å². The quantitative estimate of drug-likeness (QED) is 0.212. The number of aliphatic hydroxyl groups excluding tert-OH is 1. The van der Waals surface area contributed by atoms with Crippen molar-refractivity contribution in [3.8, 4) is 0 Å². The predicted molar refractivity (Wildman–Crippen MR) is 89.3 cm³/mol. The SMILES string of the molecule is CC(C/C=C/CC(C)C(CC(=O)O)OC(=O)CC(=O)O)C(O)CC(=O)O. The van der Waals surface area contributed by atoms with Gasteiger partial charge in [0.15, 0.2) is 0 Å². The third-order valence-electron chi connectivity index (χ3n) is 3.81. The fraction of sp³-hybridized carbons (Fsp3) is 0.647. The zero-order chi connectivity index (χ0) is 20.3. The third kappa shape index (κ3) is 11.2. The summed E-state index contributed by atoms with van der Waals surface area (Å²) in [5.74, 6) is -5.23. The lowest BCUT2D eigenvalue weighted by Crippen LogP contribution is -2.28. The van der Waals surface area contributed by atoms with Gasteiger partial charge in [-0.25, -0.2) is 0 Å². The van der Waals surface area contributed by atoms with Crippen LogP contribution in [0.15, 0.2) is 12.2 Å². The molecule has 4 N–H and O–H groups in total. The van der Waals surface area contributed by atoms with E-state index in [2.05, 4.69) is 0 Å². The van der Waals surface area contributed by atoms with Crippen molar-refractivity contribution in [2.45, 2.75) is 58.2 Å². The molecule has 0 aliphatic rings. The molecular weight excluding hydrogens is 348 g/mol. The number of esters is 1. The van der Waals surface area contributed by atoms with Gasteiger partial charge in [0.1, 0.15) is 12.5 Å². The molecule has 9 heteroatoms. The number of allylic oxidation sites excluding steroid dienone is 2. The van der Waals surface area contributed by atoms with Crippen molar-refractivity contribution in [2.75, 3.05) is 0 Å². The molecule has 0 amide bonds. The van der Waals surface area contributed by atoms with Gasteiger partial charge in [-0.2, -0.15) is 0 Å². The zero-order valence-electron chi connectivity index (χ0n) is 14.8. The molecule has 0 fully saturated rings. The van der Waals surface area contributed by atoms with Crippen LogP contribution in [0.3, 0.4) is 0 Å². The van der Waals surface area contributed by atoms with Crippen LogP contribution in [-0.2, 0) is 23.9 Å². The summed E-state index contributed by atoms with van der Waals surface area (Å²) >= 11 is 0. The van der Waals surface area contributed by atoms with E-state index in [1.54, 1.807) is 26.0 Å². The lowest BCUT2D eigenvalue weighted by atomic mass is 9.95. The minimum atomic E-state index is -1.36. The normalized spacial score (nSPS) is 15.8. The van der Waals surface area contributed by atoms with E-state index in [0.29, 0.717) is 12.8 Å². The molecule has 26 heavy (non-hydrogen) atoms. The smallest absolute Gasteiger partial charge is 0.317 e. The van der Waals surface area contributed by atoms with Gasteiger partial charge in [0.05, 0.1) is 18.9 Å². The molecule has 0 saturated carbocycles. The Kier molecular flexibility index (Phi) is 10.9. The Bertz CT molecular complexity index is 526. The zero-order valence-corrected chi connectivity index (χ0v) is 14.8. The Morgan fingerprint density at radius 1 is 0.846 bits per heavy atom. The molecule has 0 aromatic carbocycles. The highest BCUT2D eigenvalue weighted by Gasteiger charge is 2.25. The second-order valence-corrected chi connectivity index (χ2v) is 6.26. The number of carbonyl (C=O) groups is 4. The second kappa shape index (κ2) is 12.0. The average Bonchev–Trinajstić information content (AvgIpc) is 2.48. The molecular formula is C17H26O9. The number of aliphatic hydroxyl groups is 1. The van der Waals surface area contributed by atoms with Crippen molar-refractivity contribution < 1.29 is 44.3 Å². The molecule has 0 heterocycles. The van der Waals surface area contributed by atoms with Crippen molar-refractivity contribution in [1.82, 2.24) is 0 Å². The molecule has 4 atom stereocenters. The van der Waals surface area contributed by atoms with Crippen LogP contribution in [-0.4, -0.2) is 56.5 Å². The third-order valence-corrected chi connectivity index (χ3v) is 3.81. The Morgan fingerprint density at radius 2 is 1.35 bits per heavy atom. The molecule has 4 unspecified atom stereocenters. The van der Waals surface area contributed by atoms with Crippen LogP contribution in [0.25, 0.3) is 0 Å². The van der Waals surface area contributed by atoms with E-state index in [0.717, 1.165) is 0 Å². The lowest BCUT2D eigenvalue weighted by Gasteiger charge is -2.21. The molecule has 148 valence electrons. The highest BCUT2D eigenvalue weighted by molar-refractivity contribution is 5.90. The first-order chi connectivity index (χ1) is 12.0. The maximum absolute atomic E-state index is 11.4. The van der Waals surface area contributed by atoms with E-state index in [1.807, 2.05) is 0 Å². The van der Waals surface area contributed by atoms with E-state index in [4.69, 9.17) is 20.1 Å². The minimum Gasteiger partial charge on any atom is -0.481 e. The highest BCUT2D eigenvalue weighted by Crippen LogP contribution is 2.18. The maximum atomic E-state index is 11.4. The monoisotopic (exact) mass is 374 g/mol. The molecule has 0 aliphatic heterocycles. The van der Waals surface area contributed by atoms with Crippen LogP contribution in [0.4, 0.5) is 0 Å². The first-order valence-electron chi connectivity index (χ1n) is 8.20. The summed E-state index contributed by atoms with van der Waals surface area (Å²) in [6.07, 6.45) is 0.740.